The molecular formula is C16H23NO4. The summed E-state index contributed by atoms with van der Waals surface area (Å²) < 4.78 is 10.9. The van der Waals surface area contributed by atoms with Gasteiger partial charge in [0.1, 0.15) is 5.75 Å². The zero-order chi connectivity index (χ0) is 15.2. The van der Waals surface area contributed by atoms with E-state index in [1.807, 2.05) is 18.2 Å². The fourth-order valence-electron chi connectivity index (χ4n) is 2.79. The summed E-state index contributed by atoms with van der Waals surface area (Å²) in [6.07, 6.45) is 1.99. The van der Waals surface area contributed by atoms with Gasteiger partial charge in [-0.05, 0) is 31.9 Å². The maximum Gasteiger partial charge on any atom is 0.165 e. The second-order valence-corrected chi connectivity index (χ2v) is 5.19. The molecule has 5 nitrogen and oxygen atoms in total. The van der Waals surface area contributed by atoms with E-state index in [1.54, 1.807) is 14.0 Å². The second kappa shape index (κ2) is 7.43. The molecule has 1 aromatic rings. The van der Waals surface area contributed by atoms with Gasteiger partial charge in [-0.15, -0.1) is 0 Å². The van der Waals surface area contributed by atoms with Crippen molar-refractivity contribution in [2.75, 3.05) is 38.3 Å². The van der Waals surface area contributed by atoms with Crippen molar-refractivity contribution in [2.24, 2.45) is 0 Å². The van der Waals surface area contributed by atoms with E-state index in [0.717, 1.165) is 31.6 Å². The Hall–Kier alpha value is -1.59. The molecule has 21 heavy (non-hydrogen) atoms. The van der Waals surface area contributed by atoms with Gasteiger partial charge in [0.05, 0.1) is 37.7 Å². The Morgan fingerprint density at radius 1 is 1.38 bits per heavy atom. The number of rotatable bonds is 6. The van der Waals surface area contributed by atoms with Gasteiger partial charge in [0, 0.05) is 13.1 Å². The number of aliphatic hydroxyl groups excluding tert-OH is 1. The number of carbonyl (C=O) groups is 1. The van der Waals surface area contributed by atoms with Crippen molar-refractivity contribution in [3.05, 3.63) is 23.8 Å². The van der Waals surface area contributed by atoms with Crippen molar-refractivity contribution < 1.29 is 19.4 Å². The van der Waals surface area contributed by atoms with Crippen LogP contribution >= 0.6 is 0 Å². The average molecular weight is 293 g/mol. The fraction of sp³-hybridized carbons (Fsp3) is 0.562. The Morgan fingerprint density at radius 3 is 2.67 bits per heavy atom. The molecular weight excluding hydrogens is 270 g/mol. The maximum absolute atomic E-state index is 11.9. The zero-order valence-electron chi connectivity index (χ0n) is 12.7. The van der Waals surface area contributed by atoms with Crippen LogP contribution in [0.15, 0.2) is 18.2 Å². The first kappa shape index (κ1) is 15.8. The topological polar surface area (TPSA) is 59.0 Å². The number of benzene rings is 1. The maximum atomic E-state index is 11.9. The van der Waals surface area contributed by atoms with Gasteiger partial charge in [-0.1, -0.05) is 6.07 Å². The van der Waals surface area contributed by atoms with Gasteiger partial charge in [0.25, 0.3) is 0 Å². The summed E-state index contributed by atoms with van der Waals surface area (Å²) in [7, 11) is 1.58. The highest BCUT2D eigenvalue weighted by molar-refractivity contribution is 6.02. The minimum Gasteiger partial charge on any atom is -0.496 e. The minimum absolute atomic E-state index is 0.0149. The Balaban J connectivity index is 2.11. The lowest BCUT2D eigenvalue weighted by molar-refractivity contribution is 0.0159. The number of Topliss-reactive ketones (excluding diaryl/α,β-unsaturated/α-hetero) is 1. The highest BCUT2D eigenvalue weighted by Crippen LogP contribution is 2.31. The molecule has 1 heterocycles. The van der Waals surface area contributed by atoms with E-state index in [9.17, 15) is 4.79 Å². The predicted molar refractivity (Wildman–Crippen MR) is 81.3 cm³/mol. The number of ketones is 1. The van der Waals surface area contributed by atoms with E-state index in [1.165, 1.54) is 0 Å². The molecule has 0 aromatic heterocycles. The number of anilines is 1. The number of methoxy groups -OCH3 is 1. The molecule has 2 rings (SSSR count). The first-order valence-electron chi connectivity index (χ1n) is 7.32. The van der Waals surface area contributed by atoms with Crippen LogP contribution in [0.3, 0.4) is 0 Å². The molecule has 1 aromatic carbocycles. The first-order chi connectivity index (χ1) is 10.2. The van der Waals surface area contributed by atoms with Crippen molar-refractivity contribution in [3.63, 3.8) is 0 Å². The van der Waals surface area contributed by atoms with Gasteiger partial charge in [0.15, 0.2) is 5.78 Å². The van der Waals surface area contributed by atoms with Crippen LogP contribution in [0, 0.1) is 0 Å². The summed E-state index contributed by atoms with van der Waals surface area (Å²) in [5.74, 6) is 0.639. The number of hydrogen-bond acceptors (Lipinski definition) is 5. The summed E-state index contributed by atoms with van der Waals surface area (Å²) in [5, 5.41) is 8.80. The van der Waals surface area contributed by atoms with Gasteiger partial charge in [-0.25, -0.2) is 0 Å². The van der Waals surface area contributed by atoms with Gasteiger partial charge in [-0.3, -0.25) is 4.79 Å². The van der Waals surface area contributed by atoms with E-state index in [-0.39, 0.29) is 18.5 Å². The van der Waals surface area contributed by atoms with E-state index >= 15 is 0 Å². The molecule has 0 saturated carbocycles. The smallest absolute Gasteiger partial charge is 0.165 e. The molecule has 0 atom stereocenters. The van der Waals surface area contributed by atoms with Crippen LogP contribution in [0.5, 0.6) is 5.75 Å². The third-order valence-corrected chi connectivity index (χ3v) is 3.80. The molecule has 1 aliphatic heterocycles. The summed E-state index contributed by atoms with van der Waals surface area (Å²) in [4.78, 5) is 14.1. The Bertz CT molecular complexity index is 481. The molecule has 1 saturated heterocycles. The lowest BCUT2D eigenvalue weighted by atomic mass is 10.0. The van der Waals surface area contributed by atoms with Crippen molar-refractivity contribution in [1.29, 1.82) is 0 Å². The molecule has 1 fully saturated rings. The van der Waals surface area contributed by atoms with Crippen LogP contribution in [0.1, 0.15) is 30.1 Å². The van der Waals surface area contributed by atoms with E-state index in [2.05, 4.69) is 4.90 Å². The van der Waals surface area contributed by atoms with Gasteiger partial charge in [0.2, 0.25) is 0 Å². The molecule has 0 aliphatic carbocycles. The molecule has 1 aliphatic rings. The summed E-state index contributed by atoms with van der Waals surface area (Å²) >= 11 is 0. The Kier molecular flexibility index (Phi) is 5.59. The molecule has 0 bridgehead atoms. The first-order valence-corrected chi connectivity index (χ1v) is 7.32. The summed E-state index contributed by atoms with van der Waals surface area (Å²) in [6, 6.07) is 5.69. The molecule has 0 radical (unpaired) electrons. The molecule has 0 spiro atoms. The van der Waals surface area contributed by atoms with Crippen LogP contribution in [-0.2, 0) is 4.74 Å². The van der Waals surface area contributed by atoms with Gasteiger partial charge < -0.3 is 19.5 Å². The number of carbonyl (C=O) groups excluding carboxylic acids is 1. The molecule has 0 amide bonds. The van der Waals surface area contributed by atoms with Gasteiger partial charge >= 0.3 is 0 Å². The third kappa shape index (κ3) is 3.74. The SMILES string of the molecule is COc1cccc(N2CCC(OCCO)CC2)c1C(C)=O. The van der Waals surface area contributed by atoms with Crippen molar-refractivity contribution in [2.45, 2.75) is 25.9 Å². The monoisotopic (exact) mass is 293 g/mol. The Labute approximate surface area is 125 Å². The quantitative estimate of drug-likeness (QED) is 0.812. The second-order valence-electron chi connectivity index (χ2n) is 5.19. The number of ether oxygens (including phenoxy) is 2. The van der Waals surface area contributed by atoms with E-state index in [4.69, 9.17) is 14.6 Å². The van der Waals surface area contributed by atoms with Crippen LogP contribution in [-0.4, -0.2) is 50.4 Å². The molecule has 0 unspecified atom stereocenters. The van der Waals surface area contributed by atoms with Crippen molar-refractivity contribution in [3.8, 4) is 5.75 Å². The minimum atomic E-state index is 0.0149. The van der Waals surface area contributed by atoms with Crippen LogP contribution in [0.25, 0.3) is 0 Å². The molecule has 5 heteroatoms. The molecule has 1 N–H and O–H groups in total. The largest absolute Gasteiger partial charge is 0.496 e. The highest BCUT2D eigenvalue weighted by atomic mass is 16.5. The molecule has 116 valence electrons. The highest BCUT2D eigenvalue weighted by Gasteiger charge is 2.24. The predicted octanol–water partition coefficient (Wildman–Crippen LogP) is 1.88. The van der Waals surface area contributed by atoms with E-state index < -0.39 is 0 Å². The number of aliphatic hydroxyl groups is 1. The lowest BCUT2D eigenvalue weighted by Gasteiger charge is -2.34. The average Bonchev–Trinajstić information content (AvgIpc) is 2.52. The summed E-state index contributed by atoms with van der Waals surface area (Å²) in [6.45, 7) is 3.69. The lowest BCUT2D eigenvalue weighted by Crippen LogP contribution is -2.38. The van der Waals surface area contributed by atoms with Gasteiger partial charge in [-0.2, -0.15) is 0 Å². The van der Waals surface area contributed by atoms with Crippen molar-refractivity contribution in [1.82, 2.24) is 0 Å². The van der Waals surface area contributed by atoms with Crippen LogP contribution < -0.4 is 9.64 Å². The Morgan fingerprint density at radius 2 is 2.10 bits per heavy atom. The number of hydrogen-bond donors (Lipinski definition) is 1. The normalized spacial score (nSPS) is 16.0. The van der Waals surface area contributed by atoms with Crippen LogP contribution in [0.2, 0.25) is 0 Å². The summed E-state index contributed by atoms with van der Waals surface area (Å²) in [5.41, 5.74) is 1.58. The van der Waals surface area contributed by atoms with E-state index in [0.29, 0.717) is 17.9 Å². The fourth-order valence-corrected chi connectivity index (χ4v) is 2.79. The number of piperidine rings is 1. The third-order valence-electron chi connectivity index (χ3n) is 3.80. The van der Waals surface area contributed by atoms with Crippen LogP contribution in [0.4, 0.5) is 5.69 Å². The zero-order valence-corrected chi connectivity index (χ0v) is 12.7. The standard InChI is InChI=1S/C16H23NO4/c1-12(19)16-14(4-3-5-15(16)20-2)17-8-6-13(7-9-17)21-11-10-18/h3-5,13,18H,6-11H2,1-2H3. The number of nitrogens with zero attached hydrogens (tertiary/aromatic N) is 1. The van der Waals surface area contributed by atoms with Crippen molar-refractivity contribution >= 4 is 11.5 Å².